The van der Waals surface area contributed by atoms with E-state index in [0.717, 1.165) is 19.5 Å². The van der Waals surface area contributed by atoms with Crippen LogP contribution in [0.4, 0.5) is 0 Å². The Morgan fingerprint density at radius 1 is 1.25 bits per heavy atom. The molecule has 0 fully saturated rings. The number of hydrogen-bond acceptors (Lipinski definition) is 2. The molecule has 0 aliphatic carbocycles. The Morgan fingerprint density at radius 2 is 2.10 bits per heavy atom. The number of rotatable bonds is 5. The lowest BCUT2D eigenvalue weighted by Crippen LogP contribution is -2.10. The number of thiophene rings is 1. The van der Waals surface area contributed by atoms with E-state index >= 15 is 0 Å². The Labute approximate surface area is 131 Å². The lowest BCUT2D eigenvalue weighted by Gasteiger charge is -2.03. The molecule has 104 valence electrons. The minimum Gasteiger partial charge on any atom is -0.342 e. The third-order valence-electron chi connectivity index (χ3n) is 3.52. The smallest absolute Gasteiger partial charge is 0.0580 e. The number of para-hydroxylation sites is 1. The molecule has 2 aromatic heterocycles. The summed E-state index contributed by atoms with van der Waals surface area (Å²) in [6.07, 6.45) is 3.36. The fourth-order valence-electron chi connectivity index (χ4n) is 2.51. The average Bonchev–Trinajstić information content (AvgIpc) is 3.02. The number of likely N-dealkylation sites (N-methyl/N-ethyl adjacent to an activating group) is 1. The first-order valence-electron chi connectivity index (χ1n) is 6.73. The first-order valence-corrected chi connectivity index (χ1v) is 8.40. The van der Waals surface area contributed by atoms with E-state index in [1.807, 2.05) is 7.05 Å². The molecule has 0 aliphatic rings. The van der Waals surface area contributed by atoms with Crippen molar-refractivity contribution in [3.63, 3.8) is 0 Å². The number of fused-ring (bicyclic) bond motifs is 1. The molecule has 4 heteroatoms. The normalized spacial score (nSPS) is 11.3. The number of nitrogens with one attached hydrogen (secondary N) is 1. The minimum atomic E-state index is 0.929. The van der Waals surface area contributed by atoms with Crippen LogP contribution in [0.25, 0.3) is 10.9 Å². The molecular weight excluding hydrogens is 332 g/mol. The van der Waals surface area contributed by atoms with E-state index in [1.165, 1.54) is 25.8 Å². The lowest BCUT2D eigenvalue weighted by molar-refractivity contribution is 0.784. The van der Waals surface area contributed by atoms with Gasteiger partial charge in [-0.2, -0.15) is 0 Å². The van der Waals surface area contributed by atoms with Gasteiger partial charge < -0.3 is 9.88 Å². The standard InChI is InChI=1S/C16H17BrN2S/c1-18-8-6-12-10-19(11-16-14(17)7-9-20-16)15-5-3-2-4-13(12)15/h2-5,7,9-10,18H,6,8,11H2,1H3. The van der Waals surface area contributed by atoms with Gasteiger partial charge in [-0.3, -0.25) is 0 Å². The molecule has 0 atom stereocenters. The molecule has 0 unspecified atom stereocenters. The van der Waals surface area contributed by atoms with Gasteiger partial charge in [-0.15, -0.1) is 11.3 Å². The maximum Gasteiger partial charge on any atom is 0.0580 e. The number of benzene rings is 1. The summed E-state index contributed by atoms with van der Waals surface area (Å²) < 4.78 is 3.56. The van der Waals surface area contributed by atoms with Crippen molar-refractivity contribution in [3.05, 3.63) is 56.8 Å². The second-order valence-electron chi connectivity index (χ2n) is 4.84. The van der Waals surface area contributed by atoms with Crippen LogP contribution < -0.4 is 5.32 Å². The zero-order valence-corrected chi connectivity index (χ0v) is 13.8. The third kappa shape index (κ3) is 2.68. The van der Waals surface area contributed by atoms with Crippen LogP contribution >= 0.6 is 27.3 Å². The van der Waals surface area contributed by atoms with Crippen molar-refractivity contribution in [2.24, 2.45) is 0 Å². The highest BCUT2D eigenvalue weighted by Gasteiger charge is 2.09. The summed E-state index contributed by atoms with van der Waals surface area (Å²) in [7, 11) is 2.00. The topological polar surface area (TPSA) is 17.0 Å². The van der Waals surface area contributed by atoms with Gasteiger partial charge in [0.15, 0.2) is 0 Å². The molecule has 0 spiro atoms. The largest absolute Gasteiger partial charge is 0.342 e. The Bertz CT molecular complexity index is 714. The SMILES string of the molecule is CNCCc1cn(Cc2sccc2Br)c2ccccc12. The number of halogens is 1. The molecule has 1 N–H and O–H groups in total. The second kappa shape index (κ2) is 6.12. The first-order chi connectivity index (χ1) is 9.79. The van der Waals surface area contributed by atoms with Crippen molar-refractivity contribution in [1.29, 1.82) is 0 Å². The van der Waals surface area contributed by atoms with Crippen molar-refractivity contribution in [2.45, 2.75) is 13.0 Å². The third-order valence-corrected chi connectivity index (χ3v) is 5.43. The van der Waals surface area contributed by atoms with Gasteiger partial charge in [-0.25, -0.2) is 0 Å². The molecule has 3 rings (SSSR count). The van der Waals surface area contributed by atoms with Crippen molar-refractivity contribution in [2.75, 3.05) is 13.6 Å². The van der Waals surface area contributed by atoms with E-state index in [9.17, 15) is 0 Å². The first kappa shape index (κ1) is 13.9. The van der Waals surface area contributed by atoms with Crippen molar-refractivity contribution < 1.29 is 0 Å². The Hall–Kier alpha value is -1.10. The van der Waals surface area contributed by atoms with Gasteiger partial charge in [0, 0.05) is 26.4 Å². The minimum absolute atomic E-state index is 0.929. The summed E-state index contributed by atoms with van der Waals surface area (Å²) in [6.45, 7) is 1.94. The maximum absolute atomic E-state index is 3.62. The number of nitrogens with zero attached hydrogens (tertiary/aromatic N) is 1. The van der Waals surface area contributed by atoms with Crippen molar-refractivity contribution >= 4 is 38.2 Å². The molecule has 1 aromatic carbocycles. The molecule has 20 heavy (non-hydrogen) atoms. The van der Waals surface area contributed by atoms with E-state index < -0.39 is 0 Å². The summed E-state index contributed by atoms with van der Waals surface area (Å²) in [4.78, 5) is 1.37. The van der Waals surface area contributed by atoms with Crippen LogP contribution in [0.2, 0.25) is 0 Å². The highest BCUT2D eigenvalue weighted by Crippen LogP contribution is 2.27. The molecule has 0 radical (unpaired) electrons. The van der Waals surface area contributed by atoms with Crippen molar-refractivity contribution in [1.82, 2.24) is 9.88 Å². The van der Waals surface area contributed by atoms with Crippen LogP contribution in [-0.2, 0) is 13.0 Å². The van der Waals surface area contributed by atoms with Crippen LogP contribution in [-0.4, -0.2) is 18.2 Å². The van der Waals surface area contributed by atoms with Gasteiger partial charge in [0.2, 0.25) is 0 Å². The molecule has 2 heterocycles. The van der Waals surface area contributed by atoms with E-state index in [-0.39, 0.29) is 0 Å². The fourth-order valence-corrected chi connectivity index (χ4v) is 3.98. The Morgan fingerprint density at radius 3 is 2.85 bits per heavy atom. The van der Waals surface area contributed by atoms with Crippen LogP contribution in [0.3, 0.4) is 0 Å². The zero-order valence-electron chi connectivity index (χ0n) is 11.4. The maximum atomic E-state index is 3.62. The van der Waals surface area contributed by atoms with Crippen LogP contribution in [0.1, 0.15) is 10.4 Å². The summed E-state index contributed by atoms with van der Waals surface area (Å²) in [5.74, 6) is 0. The summed E-state index contributed by atoms with van der Waals surface area (Å²) in [6, 6.07) is 10.8. The molecule has 0 saturated carbocycles. The summed E-state index contributed by atoms with van der Waals surface area (Å²) in [5.41, 5.74) is 2.74. The Kier molecular flexibility index (Phi) is 4.24. The van der Waals surface area contributed by atoms with Gasteiger partial charge in [0.05, 0.1) is 6.54 Å². The molecule has 0 amide bonds. The average molecular weight is 349 g/mol. The van der Waals surface area contributed by atoms with E-state index in [2.05, 4.69) is 67.7 Å². The van der Waals surface area contributed by atoms with Gasteiger partial charge in [-0.05, 0) is 59.0 Å². The predicted molar refractivity (Wildman–Crippen MR) is 90.7 cm³/mol. The van der Waals surface area contributed by atoms with Gasteiger partial charge in [0.1, 0.15) is 0 Å². The van der Waals surface area contributed by atoms with Crippen LogP contribution in [0.5, 0.6) is 0 Å². The zero-order chi connectivity index (χ0) is 13.9. The number of aromatic nitrogens is 1. The molecular formula is C16H17BrN2S. The van der Waals surface area contributed by atoms with Gasteiger partial charge in [0.25, 0.3) is 0 Å². The van der Waals surface area contributed by atoms with E-state index in [0.29, 0.717) is 0 Å². The molecule has 3 aromatic rings. The highest BCUT2D eigenvalue weighted by molar-refractivity contribution is 9.10. The number of hydrogen-bond donors (Lipinski definition) is 1. The highest BCUT2D eigenvalue weighted by atomic mass is 79.9. The van der Waals surface area contributed by atoms with Crippen LogP contribution in [0, 0.1) is 0 Å². The van der Waals surface area contributed by atoms with Crippen LogP contribution in [0.15, 0.2) is 46.4 Å². The quantitative estimate of drug-likeness (QED) is 0.728. The fraction of sp³-hybridized carbons (Fsp3) is 0.250. The summed E-state index contributed by atoms with van der Waals surface area (Å²) >= 11 is 5.42. The van der Waals surface area contributed by atoms with E-state index in [1.54, 1.807) is 11.3 Å². The second-order valence-corrected chi connectivity index (χ2v) is 6.70. The predicted octanol–water partition coefficient (Wildman–Crippen LogP) is 4.28. The monoisotopic (exact) mass is 348 g/mol. The van der Waals surface area contributed by atoms with Gasteiger partial charge in [-0.1, -0.05) is 18.2 Å². The molecule has 0 bridgehead atoms. The lowest BCUT2D eigenvalue weighted by atomic mass is 10.1. The molecule has 2 nitrogen and oxygen atoms in total. The summed E-state index contributed by atoms with van der Waals surface area (Å²) in [5, 5.41) is 6.73. The van der Waals surface area contributed by atoms with E-state index in [4.69, 9.17) is 0 Å². The molecule has 0 saturated heterocycles. The molecule has 0 aliphatic heterocycles. The van der Waals surface area contributed by atoms with Gasteiger partial charge >= 0.3 is 0 Å². The Balaban J connectivity index is 2.00. The van der Waals surface area contributed by atoms with Crippen molar-refractivity contribution in [3.8, 4) is 0 Å².